The number of rotatable bonds is 5. The fourth-order valence-corrected chi connectivity index (χ4v) is 4.66. The standard InChI is InChI=1S/C23H28N4O2/c1-15-12-24-22(17-4-3-5-17)27(15)14-16-8-9-26(13-16)23(28)21-11-18-10-19(29-2)6-7-20(18)25-21/h6-7,10-12,16-17,25H,3-5,8-9,13-14H2,1-2H3. The van der Waals surface area contributed by atoms with Gasteiger partial charge in [-0.1, -0.05) is 6.42 Å². The fourth-order valence-electron chi connectivity index (χ4n) is 4.66. The first-order valence-corrected chi connectivity index (χ1v) is 10.6. The van der Waals surface area contributed by atoms with Crippen molar-refractivity contribution in [3.8, 4) is 5.75 Å². The van der Waals surface area contributed by atoms with E-state index in [4.69, 9.17) is 4.74 Å². The highest BCUT2D eigenvalue weighted by Crippen LogP contribution is 2.36. The number of carbonyl (C=O) groups excluding carboxylic acids is 1. The summed E-state index contributed by atoms with van der Waals surface area (Å²) in [7, 11) is 1.66. The molecule has 3 aromatic rings. The van der Waals surface area contributed by atoms with E-state index in [0.717, 1.165) is 42.7 Å². The third-order valence-electron chi connectivity index (χ3n) is 6.63. The molecule has 1 N–H and O–H groups in total. The van der Waals surface area contributed by atoms with Crippen LogP contribution in [0.4, 0.5) is 0 Å². The zero-order valence-corrected chi connectivity index (χ0v) is 17.1. The normalized spacial score (nSPS) is 19.7. The lowest BCUT2D eigenvalue weighted by Crippen LogP contribution is -2.29. The third-order valence-corrected chi connectivity index (χ3v) is 6.63. The number of nitrogens with zero attached hydrogens (tertiary/aromatic N) is 3. The van der Waals surface area contributed by atoms with Crippen molar-refractivity contribution in [2.45, 2.75) is 45.1 Å². The van der Waals surface area contributed by atoms with Crippen LogP contribution in [0.2, 0.25) is 0 Å². The molecule has 152 valence electrons. The summed E-state index contributed by atoms with van der Waals surface area (Å²) in [5.41, 5.74) is 2.85. The molecule has 1 atom stereocenters. The number of ether oxygens (including phenoxy) is 1. The molecule has 1 amide bonds. The van der Waals surface area contributed by atoms with Crippen molar-refractivity contribution in [1.82, 2.24) is 19.4 Å². The summed E-state index contributed by atoms with van der Waals surface area (Å²) in [4.78, 5) is 23.0. The molecule has 1 unspecified atom stereocenters. The maximum absolute atomic E-state index is 13.1. The lowest BCUT2D eigenvalue weighted by molar-refractivity contribution is 0.0781. The number of carbonyl (C=O) groups is 1. The van der Waals surface area contributed by atoms with E-state index < -0.39 is 0 Å². The van der Waals surface area contributed by atoms with Gasteiger partial charge >= 0.3 is 0 Å². The number of likely N-dealkylation sites (tertiary alicyclic amines) is 1. The zero-order valence-electron chi connectivity index (χ0n) is 17.1. The molecule has 6 nitrogen and oxygen atoms in total. The Bertz CT molecular complexity index is 1050. The first kappa shape index (κ1) is 18.3. The Morgan fingerprint density at radius 3 is 2.90 bits per heavy atom. The summed E-state index contributed by atoms with van der Waals surface area (Å²) in [5.74, 6) is 3.25. The highest BCUT2D eigenvalue weighted by atomic mass is 16.5. The van der Waals surface area contributed by atoms with Crippen molar-refractivity contribution in [3.63, 3.8) is 0 Å². The van der Waals surface area contributed by atoms with Crippen molar-refractivity contribution < 1.29 is 9.53 Å². The second-order valence-electron chi connectivity index (χ2n) is 8.54. The minimum atomic E-state index is 0.0873. The molecule has 1 aliphatic heterocycles. The second kappa shape index (κ2) is 7.25. The van der Waals surface area contributed by atoms with Crippen LogP contribution in [0.1, 0.15) is 53.6 Å². The van der Waals surface area contributed by atoms with Gasteiger partial charge in [0.15, 0.2) is 0 Å². The topological polar surface area (TPSA) is 63.2 Å². The summed E-state index contributed by atoms with van der Waals surface area (Å²) in [6.45, 7) is 4.73. The first-order chi connectivity index (χ1) is 14.1. The summed E-state index contributed by atoms with van der Waals surface area (Å²) in [6.07, 6.45) is 6.89. The number of benzene rings is 1. The van der Waals surface area contributed by atoms with Crippen molar-refractivity contribution in [2.75, 3.05) is 20.2 Å². The van der Waals surface area contributed by atoms with Crippen LogP contribution in [0.15, 0.2) is 30.5 Å². The molecule has 6 heteroatoms. The van der Waals surface area contributed by atoms with Gasteiger partial charge in [-0.15, -0.1) is 0 Å². The number of nitrogens with one attached hydrogen (secondary N) is 1. The number of imidazole rings is 1. The third kappa shape index (κ3) is 3.30. The SMILES string of the molecule is COc1ccc2[nH]c(C(=O)N3CCC(Cn4c(C)cnc4C4CCC4)C3)cc2c1. The van der Waals surface area contributed by atoms with E-state index in [1.165, 1.54) is 30.8 Å². The van der Waals surface area contributed by atoms with Crippen LogP contribution >= 0.6 is 0 Å². The lowest BCUT2D eigenvalue weighted by Gasteiger charge is -2.27. The van der Waals surface area contributed by atoms with Gasteiger partial charge in [-0.05, 0) is 56.4 Å². The van der Waals surface area contributed by atoms with Crippen molar-refractivity contribution in [1.29, 1.82) is 0 Å². The molecule has 29 heavy (non-hydrogen) atoms. The molecule has 1 aromatic carbocycles. The molecule has 0 radical (unpaired) electrons. The van der Waals surface area contributed by atoms with Crippen LogP contribution in [0.5, 0.6) is 5.75 Å². The molecule has 5 rings (SSSR count). The molecule has 1 saturated carbocycles. The van der Waals surface area contributed by atoms with Crippen LogP contribution in [0.25, 0.3) is 10.9 Å². The van der Waals surface area contributed by atoms with Gasteiger partial charge < -0.3 is 19.2 Å². The van der Waals surface area contributed by atoms with Crippen LogP contribution in [0, 0.1) is 12.8 Å². The molecule has 3 heterocycles. The average molecular weight is 393 g/mol. The van der Waals surface area contributed by atoms with Crippen LogP contribution in [-0.4, -0.2) is 45.5 Å². The molecule has 2 aliphatic rings. The first-order valence-electron chi connectivity index (χ1n) is 10.6. The van der Waals surface area contributed by atoms with Crippen LogP contribution in [0.3, 0.4) is 0 Å². The Morgan fingerprint density at radius 1 is 1.28 bits per heavy atom. The fraction of sp³-hybridized carbons (Fsp3) is 0.478. The van der Waals surface area contributed by atoms with Crippen molar-refractivity contribution >= 4 is 16.8 Å². The minimum Gasteiger partial charge on any atom is -0.497 e. The minimum absolute atomic E-state index is 0.0873. The van der Waals surface area contributed by atoms with Crippen molar-refractivity contribution in [2.24, 2.45) is 5.92 Å². The van der Waals surface area contributed by atoms with Crippen LogP contribution < -0.4 is 4.74 Å². The van der Waals surface area contributed by atoms with Gasteiger partial charge in [0.05, 0.1) is 7.11 Å². The number of aromatic nitrogens is 3. The Kier molecular flexibility index (Phi) is 4.57. The van der Waals surface area contributed by atoms with E-state index >= 15 is 0 Å². The van der Waals surface area contributed by atoms with Gasteiger partial charge in [0.25, 0.3) is 5.91 Å². The molecular weight excluding hydrogens is 364 g/mol. The molecular formula is C23H28N4O2. The predicted molar refractivity (Wildman–Crippen MR) is 112 cm³/mol. The maximum Gasteiger partial charge on any atom is 0.270 e. The van der Waals surface area contributed by atoms with Gasteiger partial charge in [-0.25, -0.2) is 4.98 Å². The summed E-state index contributed by atoms with van der Waals surface area (Å²) < 4.78 is 7.69. The van der Waals surface area contributed by atoms with Crippen molar-refractivity contribution in [3.05, 3.63) is 47.7 Å². The van der Waals surface area contributed by atoms with Gasteiger partial charge in [-0.3, -0.25) is 4.79 Å². The monoisotopic (exact) mass is 392 g/mol. The van der Waals surface area contributed by atoms with Gasteiger partial charge in [0.1, 0.15) is 17.3 Å². The van der Waals surface area contributed by atoms with E-state index in [1.54, 1.807) is 7.11 Å². The number of fused-ring (bicyclic) bond motifs is 1. The van der Waals surface area contributed by atoms with E-state index in [2.05, 4.69) is 21.5 Å². The Morgan fingerprint density at radius 2 is 2.14 bits per heavy atom. The maximum atomic E-state index is 13.1. The van der Waals surface area contributed by atoms with E-state index in [1.807, 2.05) is 35.4 Å². The van der Waals surface area contributed by atoms with Gasteiger partial charge in [-0.2, -0.15) is 0 Å². The number of methoxy groups -OCH3 is 1. The molecule has 2 fully saturated rings. The molecule has 1 saturated heterocycles. The number of aryl methyl sites for hydroxylation is 1. The lowest BCUT2D eigenvalue weighted by atomic mass is 9.84. The van der Waals surface area contributed by atoms with E-state index in [0.29, 0.717) is 17.5 Å². The largest absolute Gasteiger partial charge is 0.497 e. The second-order valence-corrected chi connectivity index (χ2v) is 8.54. The van der Waals surface area contributed by atoms with Gasteiger partial charge in [0.2, 0.25) is 0 Å². The average Bonchev–Trinajstić information content (AvgIpc) is 3.40. The Balaban J connectivity index is 1.28. The molecule has 1 aliphatic carbocycles. The zero-order chi connectivity index (χ0) is 20.0. The number of amides is 1. The molecule has 0 bridgehead atoms. The van der Waals surface area contributed by atoms with E-state index in [-0.39, 0.29) is 5.91 Å². The summed E-state index contributed by atoms with van der Waals surface area (Å²) >= 11 is 0. The number of hydrogen-bond acceptors (Lipinski definition) is 3. The quantitative estimate of drug-likeness (QED) is 0.711. The Labute approximate surface area is 170 Å². The molecule has 2 aromatic heterocycles. The number of H-pyrrole nitrogens is 1. The number of hydrogen-bond donors (Lipinski definition) is 1. The highest BCUT2D eigenvalue weighted by Gasteiger charge is 2.30. The van der Waals surface area contributed by atoms with Crippen LogP contribution in [-0.2, 0) is 6.54 Å². The highest BCUT2D eigenvalue weighted by molar-refractivity contribution is 5.98. The number of aromatic amines is 1. The smallest absolute Gasteiger partial charge is 0.270 e. The van der Waals surface area contributed by atoms with E-state index in [9.17, 15) is 4.79 Å². The van der Waals surface area contributed by atoms with Gasteiger partial charge in [0, 0.05) is 48.3 Å². The summed E-state index contributed by atoms with van der Waals surface area (Å²) in [5, 5.41) is 1.00. The molecule has 0 spiro atoms. The summed E-state index contributed by atoms with van der Waals surface area (Å²) in [6, 6.07) is 7.76. The Hall–Kier alpha value is -2.76. The predicted octanol–water partition coefficient (Wildman–Crippen LogP) is 4.11.